The van der Waals surface area contributed by atoms with Crippen LogP contribution >= 0.6 is 0 Å². The summed E-state index contributed by atoms with van der Waals surface area (Å²) in [5, 5.41) is 0. The van der Waals surface area contributed by atoms with Gasteiger partial charge in [0.15, 0.2) is 11.2 Å². The summed E-state index contributed by atoms with van der Waals surface area (Å²) < 4.78 is 6.55. The number of rotatable bonds is 3. The van der Waals surface area contributed by atoms with Crippen LogP contribution < -0.4 is 17.0 Å². The SMILES string of the molecule is NNC(=O)c1ccc(Cn2c(=O)oc3cccnc32)cc1. The molecule has 21 heavy (non-hydrogen) atoms. The van der Waals surface area contributed by atoms with E-state index in [0.717, 1.165) is 5.56 Å². The molecule has 2 heterocycles. The maximum absolute atomic E-state index is 11.8. The van der Waals surface area contributed by atoms with E-state index >= 15 is 0 Å². The van der Waals surface area contributed by atoms with E-state index in [1.165, 1.54) is 4.57 Å². The average Bonchev–Trinajstić information content (AvgIpc) is 2.83. The summed E-state index contributed by atoms with van der Waals surface area (Å²) in [7, 11) is 0. The fourth-order valence-electron chi connectivity index (χ4n) is 2.07. The van der Waals surface area contributed by atoms with E-state index in [9.17, 15) is 9.59 Å². The second kappa shape index (κ2) is 5.22. The monoisotopic (exact) mass is 284 g/mol. The third-order valence-corrected chi connectivity index (χ3v) is 3.11. The summed E-state index contributed by atoms with van der Waals surface area (Å²) in [4.78, 5) is 27.3. The number of oxazole rings is 1. The summed E-state index contributed by atoms with van der Waals surface area (Å²) in [5.41, 5.74) is 4.29. The highest BCUT2D eigenvalue weighted by Gasteiger charge is 2.10. The highest BCUT2D eigenvalue weighted by atomic mass is 16.4. The Hall–Kier alpha value is -2.93. The number of carbonyl (C=O) groups excluding carboxylic acids is 1. The second-order valence-corrected chi connectivity index (χ2v) is 4.45. The zero-order valence-corrected chi connectivity index (χ0v) is 10.9. The van der Waals surface area contributed by atoms with E-state index in [0.29, 0.717) is 23.3 Å². The molecule has 0 aliphatic rings. The number of pyridine rings is 1. The largest absolute Gasteiger partial charge is 0.421 e. The number of hydrogen-bond donors (Lipinski definition) is 2. The van der Waals surface area contributed by atoms with Gasteiger partial charge in [-0.1, -0.05) is 12.1 Å². The Morgan fingerprint density at radius 1 is 1.29 bits per heavy atom. The highest BCUT2D eigenvalue weighted by Crippen LogP contribution is 2.12. The van der Waals surface area contributed by atoms with E-state index in [4.69, 9.17) is 10.3 Å². The molecule has 0 aliphatic heterocycles. The maximum atomic E-state index is 11.8. The second-order valence-electron chi connectivity index (χ2n) is 4.45. The summed E-state index contributed by atoms with van der Waals surface area (Å²) in [6, 6.07) is 10.2. The number of benzene rings is 1. The van der Waals surface area contributed by atoms with Gasteiger partial charge in [0.2, 0.25) is 0 Å². The van der Waals surface area contributed by atoms with Gasteiger partial charge in [0, 0.05) is 11.8 Å². The van der Waals surface area contributed by atoms with Crippen LogP contribution in [0.2, 0.25) is 0 Å². The molecule has 0 atom stereocenters. The van der Waals surface area contributed by atoms with E-state index in [-0.39, 0.29) is 5.91 Å². The Bertz CT molecular complexity index is 849. The number of hydrazine groups is 1. The molecule has 0 saturated heterocycles. The van der Waals surface area contributed by atoms with Gasteiger partial charge in [-0.15, -0.1) is 0 Å². The van der Waals surface area contributed by atoms with Crippen LogP contribution in [0.3, 0.4) is 0 Å². The average molecular weight is 284 g/mol. The standard InChI is InChI=1S/C14H12N4O3/c15-17-13(19)10-5-3-9(4-6-10)8-18-12-11(21-14(18)20)2-1-7-16-12/h1-7H,8,15H2,(H,17,19). The number of nitrogens with zero attached hydrogens (tertiary/aromatic N) is 2. The van der Waals surface area contributed by atoms with Crippen molar-refractivity contribution < 1.29 is 9.21 Å². The minimum absolute atomic E-state index is 0.313. The third-order valence-electron chi connectivity index (χ3n) is 3.11. The van der Waals surface area contributed by atoms with Gasteiger partial charge in [-0.3, -0.25) is 14.8 Å². The first-order chi connectivity index (χ1) is 10.2. The number of aromatic nitrogens is 2. The minimum Gasteiger partial charge on any atom is -0.406 e. The molecule has 0 spiro atoms. The van der Waals surface area contributed by atoms with Crippen molar-refractivity contribution in [2.75, 3.05) is 0 Å². The molecule has 0 aliphatic carbocycles. The van der Waals surface area contributed by atoms with Crippen LogP contribution in [0, 0.1) is 0 Å². The Kier molecular flexibility index (Phi) is 3.25. The Labute approximate surface area is 119 Å². The molecular weight excluding hydrogens is 272 g/mol. The van der Waals surface area contributed by atoms with Crippen molar-refractivity contribution in [1.82, 2.24) is 15.0 Å². The van der Waals surface area contributed by atoms with Gasteiger partial charge in [-0.05, 0) is 29.8 Å². The molecule has 7 nitrogen and oxygen atoms in total. The Morgan fingerprint density at radius 3 is 2.76 bits per heavy atom. The molecule has 3 rings (SSSR count). The molecule has 2 aromatic heterocycles. The summed E-state index contributed by atoms with van der Waals surface area (Å²) in [6.07, 6.45) is 1.60. The van der Waals surface area contributed by atoms with Crippen molar-refractivity contribution >= 4 is 17.1 Å². The lowest BCUT2D eigenvalue weighted by molar-refractivity contribution is 0.0953. The Balaban J connectivity index is 1.94. The van der Waals surface area contributed by atoms with Crippen molar-refractivity contribution in [3.63, 3.8) is 0 Å². The van der Waals surface area contributed by atoms with E-state index in [1.54, 1.807) is 42.6 Å². The van der Waals surface area contributed by atoms with Gasteiger partial charge in [-0.2, -0.15) is 0 Å². The number of carbonyl (C=O) groups is 1. The molecular formula is C14H12N4O3. The van der Waals surface area contributed by atoms with Gasteiger partial charge < -0.3 is 4.42 Å². The van der Waals surface area contributed by atoms with Crippen molar-refractivity contribution in [3.8, 4) is 0 Å². The minimum atomic E-state index is -0.465. The van der Waals surface area contributed by atoms with Crippen molar-refractivity contribution in [2.24, 2.45) is 5.84 Å². The molecule has 7 heteroatoms. The first kappa shape index (κ1) is 13.1. The molecule has 0 unspecified atom stereocenters. The fourth-order valence-corrected chi connectivity index (χ4v) is 2.07. The number of fused-ring (bicyclic) bond motifs is 1. The smallest absolute Gasteiger partial charge is 0.406 e. The lowest BCUT2D eigenvalue weighted by atomic mass is 10.1. The number of nitrogen functional groups attached to an aromatic ring is 1. The molecule has 1 amide bonds. The lowest BCUT2D eigenvalue weighted by Crippen LogP contribution is -2.29. The predicted octanol–water partition coefficient (Wildman–Crippen LogP) is 0.641. The lowest BCUT2D eigenvalue weighted by Gasteiger charge is -2.04. The predicted molar refractivity (Wildman–Crippen MR) is 75.5 cm³/mol. The highest BCUT2D eigenvalue weighted by molar-refractivity contribution is 5.93. The van der Waals surface area contributed by atoms with E-state index in [2.05, 4.69) is 10.4 Å². The van der Waals surface area contributed by atoms with Crippen LogP contribution in [0.4, 0.5) is 0 Å². The third kappa shape index (κ3) is 2.41. The molecule has 0 radical (unpaired) electrons. The maximum Gasteiger partial charge on any atom is 0.421 e. The van der Waals surface area contributed by atoms with Crippen LogP contribution in [0.5, 0.6) is 0 Å². The van der Waals surface area contributed by atoms with Crippen molar-refractivity contribution in [1.29, 1.82) is 0 Å². The van der Waals surface area contributed by atoms with Gasteiger partial charge in [0.1, 0.15) is 0 Å². The number of nitrogens with two attached hydrogens (primary N) is 1. The Morgan fingerprint density at radius 2 is 2.05 bits per heavy atom. The molecule has 0 bridgehead atoms. The zero-order valence-electron chi connectivity index (χ0n) is 10.9. The molecule has 1 aromatic carbocycles. The number of hydrogen-bond acceptors (Lipinski definition) is 5. The van der Waals surface area contributed by atoms with Crippen LogP contribution in [-0.2, 0) is 6.54 Å². The summed E-state index contributed by atoms with van der Waals surface area (Å²) in [5.74, 6) is 4.24. The summed E-state index contributed by atoms with van der Waals surface area (Å²) in [6.45, 7) is 0.313. The summed E-state index contributed by atoms with van der Waals surface area (Å²) >= 11 is 0. The van der Waals surface area contributed by atoms with Gasteiger partial charge in [0.25, 0.3) is 5.91 Å². The normalized spacial score (nSPS) is 10.7. The molecule has 0 fully saturated rings. The first-order valence-corrected chi connectivity index (χ1v) is 6.23. The molecule has 3 aromatic rings. The van der Waals surface area contributed by atoms with Crippen LogP contribution in [0.25, 0.3) is 11.2 Å². The quantitative estimate of drug-likeness (QED) is 0.417. The van der Waals surface area contributed by atoms with Crippen molar-refractivity contribution in [3.05, 3.63) is 64.3 Å². The topological polar surface area (TPSA) is 103 Å². The van der Waals surface area contributed by atoms with Crippen LogP contribution in [-0.4, -0.2) is 15.5 Å². The van der Waals surface area contributed by atoms with E-state index < -0.39 is 5.76 Å². The molecule has 106 valence electrons. The number of nitrogens with one attached hydrogen (secondary N) is 1. The van der Waals surface area contributed by atoms with Crippen LogP contribution in [0.1, 0.15) is 15.9 Å². The van der Waals surface area contributed by atoms with Crippen molar-refractivity contribution in [2.45, 2.75) is 6.54 Å². The van der Waals surface area contributed by atoms with Gasteiger partial charge in [0.05, 0.1) is 6.54 Å². The van der Waals surface area contributed by atoms with Gasteiger partial charge in [-0.25, -0.2) is 15.6 Å². The van der Waals surface area contributed by atoms with E-state index in [1.807, 2.05) is 0 Å². The zero-order chi connectivity index (χ0) is 14.8. The van der Waals surface area contributed by atoms with Crippen LogP contribution in [0.15, 0.2) is 51.8 Å². The first-order valence-electron chi connectivity index (χ1n) is 6.23. The molecule has 0 saturated carbocycles. The molecule has 3 N–H and O–H groups in total. The van der Waals surface area contributed by atoms with Gasteiger partial charge >= 0.3 is 5.76 Å². The fraction of sp³-hybridized carbons (Fsp3) is 0.0714. The number of amides is 1.